The number of thioether (sulfide) groups is 1. The first-order valence-electron chi connectivity index (χ1n) is 5.47. The number of ether oxygens (including phenoxy) is 1. The van der Waals surface area contributed by atoms with Gasteiger partial charge in [0.25, 0.3) is 0 Å². The molecule has 0 aliphatic rings. The maximum atomic E-state index is 5.66. The van der Waals surface area contributed by atoms with Gasteiger partial charge in [0.15, 0.2) is 0 Å². The highest BCUT2D eigenvalue weighted by molar-refractivity contribution is 9.10. The van der Waals surface area contributed by atoms with Crippen molar-refractivity contribution in [1.82, 2.24) is 0 Å². The summed E-state index contributed by atoms with van der Waals surface area (Å²) in [5.41, 5.74) is 6.71. The van der Waals surface area contributed by atoms with E-state index in [4.69, 9.17) is 10.5 Å². The number of benzene rings is 1. The topological polar surface area (TPSA) is 35.2 Å². The van der Waals surface area contributed by atoms with Crippen LogP contribution < -0.4 is 10.5 Å². The lowest BCUT2D eigenvalue weighted by Crippen LogP contribution is -2.01. The Labute approximate surface area is 110 Å². The molecule has 1 aromatic carbocycles. The summed E-state index contributed by atoms with van der Waals surface area (Å²) in [7, 11) is 0. The van der Waals surface area contributed by atoms with Gasteiger partial charge in [0.05, 0.1) is 6.61 Å². The van der Waals surface area contributed by atoms with Crippen molar-refractivity contribution in [2.45, 2.75) is 19.9 Å². The Kier molecular flexibility index (Phi) is 6.92. The van der Waals surface area contributed by atoms with Gasteiger partial charge in [0.2, 0.25) is 0 Å². The van der Waals surface area contributed by atoms with E-state index in [-0.39, 0.29) is 0 Å². The van der Waals surface area contributed by atoms with Gasteiger partial charge in [-0.15, -0.1) is 0 Å². The highest BCUT2D eigenvalue weighted by atomic mass is 79.9. The largest absolute Gasteiger partial charge is 0.494 e. The summed E-state index contributed by atoms with van der Waals surface area (Å²) < 4.78 is 6.71. The summed E-state index contributed by atoms with van der Waals surface area (Å²) in [6.07, 6.45) is 1.09. The minimum Gasteiger partial charge on any atom is -0.494 e. The number of halogens is 1. The molecule has 0 amide bonds. The molecule has 0 fully saturated rings. The maximum absolute atomic E-state index is 5.66. The van der Waals surface area contributed by atoms with E-state index in [1.54, 1.807) is 0 Å². The Bertz CT molecular complexity index is 320. The van der Waals surface area contributed by atoms with Crippen LogP contribution in [0.3, 0.4) is 0 Å². The summed E-state index contributed by atoms with van der Waals surface area (Å²) in [6, 6.07) is 5.95. The molecule has 0 radical (unpaired) electrons. The van der Waals surface area contributed by atoms with E-state index in [0.29, 0.717) is 6.54 Å². The fraction of sp³-hybridized carbons (Fsp3) is 0.500. The lowest BCUT2D eigenvalue weighted by molar-refractivity contribution is 0.318. The van der Waals surface area contributed by atoms with Crippen LogP contribution in [0.25, 0.3) is 0 Å². The highest BCUT2D eigenvalue weighted by Crippen LogP contribution is 2.22. The van der Waals surface area contributed by atoms with Gasteiger partial charge in [0, 0.05) is 11.0 Å². The zero-order valence-electron chi connectivity index (χ0n) is 9.54. The predicted molar refractivity (Wildman–Crippen MR) is 75.1 cm³/mol. The van der Waals surface area contributed by atoms with Gasteiger partial charge in [-0.25, -0.2) is 0 Å². The smallest absolute Gasteiger partial charge is 0.119 e. The fourth-order valence-electron chi connectivity index (χ4n) is 1.29. The molecule has 2 nitrogen and oxygen atoms in total. The summed E-state index contributed by atoms with van der Waals surface area (Å²) >= 11 is 5.40. The van der Waals surface area contributed by atoms with Crippen molar-refractivity contribution in [2.24, 2.45) is 5.73 Å². The van der Waals surface area contributed by atoms with Crippen LogP contribution in [0.15, 0.2) is 22.7 Å². The molecule has 0 spiro atoms. The molecule has 0 unspecified atom stereocenters. The van der Waals surface area contributed by atoms with Crippen LogP contribution >= 0.6 is 27.7 Å². The molecular formula is C12H18BrNOS. The third-order valence-corrected chi connectivity index (χ3v) is 3.90. The number of rotatable bonds is 7. The minimum absolute atomic E-state index is 0.531. The van der Waals surface area contributed by atoms with Gasteiger partial charge in [-0.2, -0.15) is 11.8 Å². The normalized spacial score (nSPS) is 10.4. The molecule has 0 aromatic heterocycles. The first kappa shape index (κ1) is 13.9. The molecule has 0 atom stereocenters. The molecule has 2 N–H and O–H groups in total. The molecule has 0 heterocycles. The minimum atomic E-state index is 0.531. The van der Waals surface area contributed by atoms with Crippen molar-refractivity contribution in [3.05, 3.63) is 28.2 Å². The van der Waals surface area contributed by atoms with Crippen molar-refractivity contribution in [1.29, 1.82) is 0 Å². The number of nitrogens with two attached hydrogens (primary N) is 1. The SMILES string of the molecule is CCSCCCOc1ccc(Br)c(CN)c1. The summed E-state index contributed by atoms with van der Waals surface area (Å²) in [6.45, 7) is 3.48. The molecule has 0 bridgehead atoms. The Morgan fingerprint density at radius 2 is 2.25 bits per heavy atom. The van der Waals surface area contributed by atoms with E-state index in [2.05, 4.69) is 22.9 Å². The second kappa shape index (κ2) is 7.98. The molecule has 0 saturated heterocycles. The van der Waals surface area contributed by atoms with Crippen LogP contribution in [-0.2, 0) is 6.54 Å². The van der Waals surface area contributed by atoms with Crippen molar-refractivity contribution in [3.8, 4) is 5.75 Å². The van der Waals surface area contributed by atoms with Crippen LogP contribution in [0.4, 0.5) is 0 Å². The first-order chi connectivity index (χ1) is 7.77. The lowest BCUT2D eigenvalue weighted by Gasteiger charge is -2.08. The van der Waals surface area contributed by atoms with Gasteiger partial charge in [-0.3, -0.25) is 0 Å². The first-order valence-corrected chi connectivity index (χ1v) is 7.41. The van der Waals surface area contributed by atoms with E-state index < -0.39 is 0 Å². The van der Waals surface area contributed by atoms with E-state index in [1.165, 1.54) is 5.75 Å². The van der Waals surface area contributed by atoms with E-state index >= 15 is 0 Å². The average molecular weight is 304 g/mol. The van der Waals surface area contributed by atoms with Crippen molar-refractivity contribution >= 4 is 27.7 Å². The van der Waals surface area contributed by atoms with Crippen LogP contribution in [0.1, 0.15) is 18.9 Å². The van der Waals surface area contributed by atoms with Crippen LogP contribution in [-0.4, -0.2) is 18.1 Å². The summed E-state index contributed by atoms with van der Waals surface area (Å²) in [5, 5.41) is 0. The molecule has 1 aromatic rings. The molecule has 90 valence electrons. The monoisotopic (exact) mass is 303 g/mol. The Morgan fingerprint density at radius 1 is 1.44 bits per heavy atom. The zero-order chi connectivity index (χ0) is 11.8. The third kappa shape index (κ3) is 4.76. The van der Waals surface area contributed by atoms with Gasteiger partial charge < -0.3 is 10.5 Å². The van der Waals surface area contributed by atoms with Gasteiger partial charge >= 0.3 is 0 Å². The average Bonchev–Trinajstić information content (AvgIpc) is 2.31. The Balaban J connectivity index is 2.36. The van der Waals surface area contributed by atoms with Crippen LogP contribution in [0.5, 0.6) is 5.75 Å². The molecule has 1 rings (SSSR count). The molecule has 4 heteroatoms. The molecule has 0 saturated carbocycles. The van der Waals surface area contributed by atoms with E-state index in [0.717, 1.165) is 34.6 Å². The second-order valence-electron chi connectivity index (χ2n) is 3.36. The van der Waals surface area contributed by atoms with Crippen molar-refractivity contribution < 1.29 is 4.74 Å². The van der Waals surface area contributed by atoms with Crippen LogP contribution in [0, 0.1) is 0 Å². The molecule has 0 aliphatic carbocycles. The molecule has 16 heavy (non-hydrogen) atoms. The van der Waals surface area contributed by atoms with Crippen molar-refractivity contribution in [2.75, 3.05) is 18.1 Å². The second-order valence-corrected chi connectivity index (χ2v) is 5.60. The number of hydrogen-bond acceptors (Lipinski definition) is 3. The van der Waals surface area contributed by atoms with Gasteiger partial charge in [-0.05, 0) is 41.7 Å². The van der Waals surface area contributed by atoms with Gasteiger partial charge in [0.1, 0.15) is 5.75 Å². The van der Waals surface area contributed by atoms with E-state index in [1.807, 2.05) is 30.0 Å². The zero-order valence-corrected chi connectivity index (χ0v) is 11.9. The summed E-state index contributed by atoms with van der Waals surface area (Å²) in [5.74, 6) is 3.25. The standard InChI is InChI=1S/C12H18BrNOS/c1-2-16-7-3-6-15-11-4-5-12(13)10(8-11)9-14/h4-5,8H,2-3,6-7,9,14H2,1H3. The van der Waals surface area contributed by atoms with E-state index in [9.17, 15) is 0 Å². The Hall–Kier alpha value is -0.190. The van der Waals surface area contributed by atoms with Crippen molar-refractivity contribution in [3.63, 3.8) is 0 Å². The maximum Gasteiger partial charge on any atom is 0.119 e. The molecule has 0 aliphatic heterocycles. The third-order valence-electron chi connectivity index (χ3n) is 2.14. The highest BCUT2D eigenvalue weighted by Gasteiger charge is 2.00. The van der Waals surface area contributed by atoms with Gasteiger partial charge in [-0.1, -0.05) is 22.9 Å². The molecular weight excluding hydrogens is 286 g/mol. The van der Waals surface area contributed by atoms with Crippen LogP contribution in [0.2, 0.25) is 0 Å². The lowest BCUT2D eigenvalue weighted by atomic mass is 10.2. The Morgan fingerprint density at radius 3 is 2.94 bits per heavy atom. The fourth-order valence-corrected chi connectivity index (χ4v) is 2.31. The summed E-state index contributed by atoms with van der Waals surface area (Å²) in [4.78, 5) is 0. The predicted octanol–water partition coefficient (Wildman–Crippen LogP) is 3.43. The number of hydrogen-bond donors (Lipinski definition) is 1. The quantitative estimate of drug-likeness (QED) is 0.784.